The fourth-order valence-electron chi connectivity index (χ4n) is 1.79. The van der Waals surface area contributed by atoms with Crippen LogP contribution in [0.3, 0.4) is 0 Å². The summed E-state index contributed by atoms with van der Waals surface area (Å²) in [6, 6.07) is 7.33. The van der Waals surface area contributed by atoms with Gasteiger partial charge in [-0.25, -0.2) is 4.98 Å². The molecule has 0 saturated carbocycles. The molecule has 0 bridgehead atoms. The lowest BCUT2D eigenvalue weighted by Crippen LogP contribution is -2.04. The van der Waals surface area contributed by atoms with E-state index in [0.717, 1.165) is 12.3 Å². The Morgan fingerprint density at radius 3 is 2.38 bits per heavy atom. The molecule has 112 valence electrons. The quantitative estimate of drug-likeness (QED) is 0.845. The monoisotopic (exact) mass is 289 g/mol. The van der Waals surface area contributed by atoms with Crippen LogP contribution in [0.15, 0.2) is 30.6 Å². The summed E-state index contributed by atoms with van der Waals surface area (Å²) in [4.78, 5) is 8.25. The molecule has 0 fully saturated rings. The van der Waals surface area contributed by atoms with Gasteiger partial charge in [0.1, 0.15) is 17.8 Å². The fraction of sp³-hybridized carbons (Fsp3) is 0.333. The first-order valence-electron chi connectivity index (χ1n) is 6.82. The van der Waals surface area contributed by atoms with Crippen molar-refractivity contribution in [2.45, 2.75) is 13.8 Å². The third-order valence-electron chi connectivity index (χ3n) is 2.67. The Hall–Kier alpha value is -2.50. The Bertz CT molecular complexity index is 573. The summed E-state index contributed by atoms with van der Waals surface area (Å²) in [6.07, 6.45) is 1.43. The van der Waals surface area contributed by atoms with Crippen molar-refractivity contribution in [1.82, 2.24) is 9.97 Å². The lowest BCUT2D eigenvalue weighted by atomic mass is 10.3. The van der Waals surface area contributed by atoms with Gasteiger partial charge in [0.05, 0.1) is 13.7 Å². The number of methoxy groups -OCH3 is 1. The Balaban J connectivity index is 2.20. The van der Waals surface area contributed by atoms with Crippen molar-refractivity contribution in [3.8, 4) is 23.1 Å². The van der Waals surface area contributed by atoms with Gasteiger partial charge in [0.15, 0.2) is 5.82 Å². The molecule has 2 rings (SSSR count). The molecule has 0 aliphatic heterocycles. The third-order valence-corrected chi connectivity index (χ3v) is 2.67. The zero-order valence-electron chi connectivity index (χ0n) is 12.4. The van der Waals surface area contributed by atoms with E-state index in [1.807, 2.05) is 38.1 Å². The Morgan fingerprint density at radius 2 is 1.76 bits per heavy atom. The first kappa shape index (κ1) is 14.9. The van der Waals surface area contributed by atoms with E-state index in [4.69, 9.17) is 14.2 Å². The summed E-state index contributed by atoms with van der Waals surface area (Å²) in [7, 11) is 1.56. The standard InChI is InChI=1S/C15H19N3O3/c1-4-16-14-13(19-3)15(18-10-17-14)21-12-8-6-11(7-9-12)20-5-2/h6-10H,4-5H2,1-3H3,(H,16,17,18). The highest BCUT2D eigenvalue weighted by molar-refractivity contribution is 5.55. The van der Waals surface area contributed by atoms with E-state index >= 15 is 0 Å². The van der Waals surface area contributed by atoms with Crippen LogP contribution in [0.2, 0.25) is 0 Å². The van der Waals surface area contributed by atoms with Crippen molar-refractivity contribution in [2.24, 2.45) is 0 Å². The van der Waals surface area contributed by atoms with E-state index in [0.29, 0.717) is 29.8 Å². The van der Waals surface area contributed by atoms with E-state index in [1.165, 1.54) is 6.33 Å². The number of nitrogens with zero attached hydrogens (tertiary/aromatic N) is 2. The summed E-state index contributed by atoms with van der Waals surface area (Å²) in [5.41, 5.74) is 0. The number of nitrogens with one attached hydrogen (secondary N) is 1. The van der Waals surface area contributed by atoms with Gasteiger partial charge in [-0.2, -0.15) is 4.98 Å². The van der Waals surface area contributed by atoms with Crippen LogP contribution in [0.4, 0.5) is 5.82 Å². The number of benzene rings is 1. The van der Waals surface area contributed by atoms with Crippen molar-refractivity contribution in [2.75, 3.05) is 25.6 Å². The molecule has 0 unspecified atom stereocenters. The molecule has 0 aliphatic carbocycles. The van der Waals surface area contributed by atoms with Gasteiger partial charge < -0.3 is 19.5 Å². The summed E-state index contributed by atoms with van der Waals surface area (Å²) >= 11 is 0. The SMILES string of the molecule is CCNc1ncnc(Oc2ccc(OCC)cc2)c1OC. The number of anilines is 1. The Kier molecular flexibility index (Phi) is 5.20. The predicted molar refractivity (Wildman–Crippen MR) is 80.4 cm³/mol. The molecule has 6 heteroatoms. The number of aromatic nitrogens is 2. The van der Waals surface area contributed by atoms with Crippen molar-refractivity contribution in [3.05, 3.63) is 30.6 Å². The van der Waals surface area contributed by atoms with Gasteiger partial charge in [0.25, 0.3) is 5.88 Å². The van der Waals surface area contributed by atoms with Crippen LogP contribution in [0.1, 0.15) is 13.8 Å². The normalized spacial score (nSPS) is 10.0. The van der Waals surface area contributed by atoms with Crippen LogP contribution in [0, 0.1) is 0 Å². The maximum atomic E-state index is 5.75. The highest BCUT2D eigenvalue weighted by Gasteiger charge is 2.13. The number of hydrogen-bond donors (Lipinski definition) is 1. The minimum atomic E-state index is 0.368. The number of rotatable bonds is 7. The predicted octanol–water partition coefficient (Wildman–Crippen LogP) is 3.11. The van der Waals surface area contributed by atoms with Crippen LogP contribution in [-0.2, 0) is 0 Å². The summed E-state index contributed by atoms with van der Waals surface area (Å²) in [6.45, 7) is 5.29. The largest absolute Gasteiger partial charge is 0.494 e. The van der Waals surface area contributed by atoms with Crippen molar-refractivity contribution < 1.29 is 14.2 Å². The van der Waals surface area contributed by atoms with E-state index < -0.39 is 0 Å². The van der Waals surface area contributed by atoms with Gasteiger partial charge in [0, 0.05) is 6.54 Å². The van der Waals surface area contributed by atoms with Crippen molar-refractivity contribution >= 4 is 5.82 Å². The second-order valence-corrected chi connectivity index (χ2v) is 4.10. The van der Waals surface area contributed by atoms with E-state index in [2.05, 4.69) is 15.3 Å². The summed E-state index contributed by atoms with van der Waals surface area (Å²) in [5, 5.41) is 3.10. The molecular formula is C15H19N3O3. The van der Waals surface area contributed by atoms with Crippen molar-refractivity contribution in [3.63, 3.8) is 0 Å². The molecular weight excluding hydrogens is 270 g/mol. The van der Waals surface area contributed by atoms with Gasteiger partial charge in [-0.3, -0.25) is 0 Å². The molecule has 0 spiro atoms. The van der Waals surface area contributed by atoms with Crippen molar-refractivity contribution in [1.29, 1.82) is 0 Å². The lowest BCUT2D eigenvalue weighted by Gasteiger charge is -2.12. The molecule has 0 atom stereocenters. The molecule has 0 amide bonds. The molecule has 0 aliphatic rings. The zero-order valence-corrected chi connectivity index (χ0v) is 12.4. The minimum Gasteiger partial charge on any atom is -0.494 e. The van der Waals surface area contributed by atoms with E-state index in [9.17, 15) is 0 Å². The second kappa shape index (κ2) is 7.33. The van der Waals surface area contributed by atoms with Gasteiger partial charge in [-0.15, -0.1) is 0 Å². The maximum Gasteiger partial charge on any atom is 0.268 e. The van der Waals surface area contributed by atoms with Gasteiger partial charge in [-0.05, 0) is 38.1 Å². The molecule has 1 heterocycles. The molecule has 2 aromatic rings. The molecule has 0 radical (unpaired) electrons. The van der Waals surface area contributed by atoms with E-state index in [1.54, 1.807) is 7.11 Å². The minimum absolute atomic E-state index is 0.368. The highest BCUT2D eigenvalue weighted by atomic mass is 16.5. The van der Waals surface area contributed by atoms with Crippen LogP contribution >= 0.6 is 0 Å². The van der Waals surface area contributed by atoms with Crippen LogP contribution in [-0.4, -0.2) is 30.2 Å². The first-order chi connectivity index (χ1) is 10.3. The van der Waals surface area contributed by atoms with Crippen LogP contribution in [0.25, 0.3) is 0 Å². The molecule has 21 heavy (non-hydrogen) atoms. The van der Waals surface area contributed by atoms with Crippen LogP contribution < -0.4 is 19.5 Å². The second-order valence-electron chi connectivity index (χ2n) is 4.10. The Labute approximate surface area is 124 Å². The molecule has 1 N–H and O–H groups in total. The van der Waals surface area contributed by atoms with Crippen LogP contribution in [0.5, 0.6) is 23.1 Å². The third kappa shape index (κ3) is 3.75. The molecule has 1 aromatic heterocycles. The maximum absolute atomic E-state index is 5.75. The zero-order chi connectivity index (χ0) is 15.1. The topological polar surface area (TPSA) is 65.5 Å². The molecule has 6 nitrogen and oxygen atoms in total. The van der Waals surface area contributed by atoms with E-state index in [-0.39, 0.29) is 0 Å². The summed E-state index contributed by atoms with van der Waals surface area (Å²) < 4.78 is 16.5. The number of ether oxygens (including phenoxy) is 3. The molecule has 0 saturated heterocycles. The van der Waals surface area contributed by atoms with Gasteiger partial charge >= 0.3 is 0 Å². The van der Waals surface area contributed by atoms with Gasteiger partial charge in [0.2, 0.25) is 5.75 Å². The van der Waals surface area contributed by atoms with Gasteiger partial charge in [-0.1, -0.05) is 0 Å². The highest BCUT2D eigenvalue weighted by Crippen LogP contribution is 2.34. The average molecular weight is 289 g/mol. The molecule has 1 aromatic carbocycles. The average Bonchev–Trinajstić information content (AvgIpc) is 2.50. The summed E-state index contributed by atoms with van der Waals surface area (Å²) in [5.74, 6) is 2.91. The smallest absolute Gasteiger partial charge is 0.268 e. The Morgan fingerprint density at radius 1 is 1.05 bits per heavy atom. The number of hydrogen-bond acceptors (Lipinski definition) is 6. The lowest BCUT2D eigenvalue weighted by molar-refractivity contribution is 0.339. The fourth-order valence-corrected chi connectivity index (χ4v) is 1.79. The first-order valence-corrected chi connectivity index (χ1v) is 6.82.